The van der Waals surface area contributed by atoms with Gasteiger partial charge in [0, 0.05) is 13.1 Å². The van der Waals surface area contributed by atoms with Crippen molar-refractivity contribution in [2.75, 3.05) is 34.3 Å². The van der Waals surface area contributed by atoms with E-state index in [1.807, 2.05) is 44.1 Å². The Labute approximate surface area is 131 Å². The van der Waals surface area contributed by atoms with Crippen molar-refractivity contribution in [2.24, 2.45) is 0 Å². The molecule has 1 aromatic carbocycles. The molecule has 0 aromatic heterocycles. The summed E-state index contributed by atoms with van der Waals surface area (Å²) in [5.74, 6) is 0.539. The minimum absolute atomic E-state index is 0.219. The van der Waals surface area contributed by atoms with Crippen LogP contribution in [0.2, 0.25) is 0 Å². The number of carbonyl (C=O) groups excluding carboxylic acids is 2. The van der Waals surface area contributed by atoms with Crippen LogP contribution in [0.15, 0.2) is 18.2 Å². The first kappa shape index (κ1) is 16.3. The number of nitrogens with one attached hydrogen (secondary N) is 1. The number of carbonyl (C=O) groups is 2. The largest absolute Gasteiger partial charge is 0.496 e. The molecule has 1 N–H and O–H groups in total. The van der Waals surface area contributed by atoms with Crippen LogP contribution in [0, 0.1) is 6.92 Å². The molecule has 1 aliphatic heterocycles. The fourth-order valence-corrected chi connectivity index (χ4v) is 2.59. The van der Waals surface area contributed by atoms with Gasteiger partial charge in [0.15, 0.2) is 0 Å². The third-order valence-corrected chi connectivity index (χ3v) is 4.02. The number of amides is 3. The summed E-state index contributed by atoms with van der Waals surface area (Å²) >= 11 is 0. The SMILES string of the molecule is COc1ccc(C2(C)NC(=O)N(CCN(C)C)C2=O)cc1C. The molecule has 2 rings (SSSR count). The van der Waals surface area contributed by atoms with Crippen LogP contribution >= 0.6 is 0 Å². The van der Waals surface area contributed by atoms with Crippen LogP contribution in [0.5, 0.6) is 5.75 Å². The molecule has 22 heavy (non-hydrogen) atoms. The number of hydrogen-bond donors (Lipinski definition) is 1. The topological polar surface area (TPSA) is 61.9 Å². The number of likely N-dealkylation sites (N-methyl/N-ethyl adjacent to an activating group) is 1. The van der Waals surface area contributed by atoms with E-state index in [9.17, 15) is 9.59 Å². The Balaban J connectivity index is 2.28. The zero-order valence-electron chi connectivity index (χ0n) is 13.8. The van der Waals surface area contributed by atoms with Crippen LogP contribution < -0.4 is 10.1 Å². The molecular weight excluding hydrogens is 282 g/mol. The van der Waals surface area contributed by atoms with Crippen molar-refractivity contribution in [2.45, 2.75) is 19.4 Å². The fraction of sp³-hybridized carbons (Fsp3) is 0.500. The summed E-state index contributed by atoms with van der Waals surface area (Å²) in [7, 11) is 5.42. The molecule has 0 spiro atoms. The highest BCUT2D eigenvalue weighted by Crippen LogP contribution is 2.31. The van der Waals surface area contributed by atoms with Crippen LogP contribution in [0.1, 0.15) is 18.1 Å². The van der Waals surface area contributed by atoms with Gasteiger partial charge in [0.2, 0.25) is 0 Å². The van der Waals surface area contributed by atoms with Crippen LogP contribution in [0.3, 0.4) is 0 Å². The summed E-state index contributed by atoms with van der Waals surface area (Å²) in [5.41, 5.74) is 0.659. The molecule has 1 fully saturated rings. The maximum Gasteiger partial charge on any atom is 0.325 e. The first-order valence-electron chi connectivity index (χ1n) is 7.23. The Hall–Kier alpha value is -2.08. The number of methoxy groups -OCH3 is 1. The molecule has 0 aliphatic carbocycles. The number of aryl methyl sites for hydroxylation is 1. The lowest BCUT2D eigenvalue weighted by atomic mass is 9.90. The number of urea groups is 1. The van der Waals surface area contributed by atoms with Gasteiger partial charge in [0.1, 0.15) is 11.3 Å². The lowest BCUT2D eigenvalue weighted by Gasteiger charge is -2.23. The molecule has 1 saturated heterocycles. The summed E-state index contributed by atoms with van der Waals surface area (Å²) in [4.78, 5) is 28.1. The molecule has 1 heterocycles. The van der Waals surface area contributed by atoms with Gasteiger partial charge in [0.05, 0.1) is 7.11 Å². The normalized spacial score (nSPS) is 21.5. The Kier molecular flexibility index (Phi) is 4.42. The number of hydrogen-bond acceptors (Lipinski definition) is 4. The molecule has 1 unspecified atom stereocenters. The lowest BCUT2D eigenvalue weighted by molar-refractivity contribution is -0.131. The highest BCUT2D eigenvalue weighted by molar-refractivity contribution is 6.07. The minimum Gasteiger partial charge on any atom is -0.496 e. The van der Waals surface area contributed by atoms with Crippen LogP contribution in [0.4, 0.5) is 4.79 Å². The maximum absolute atomic E-state index is 12.7. The van der Waals surface area contributed by atoms with E-state index in [1.165, 1.54) is 4.90 Å². The first-order valence-corrected chi connectivity index (χ1v) is 7.23. The summed E-state index contributed by atoms with van der Waals surface area (Å²) in [6, 6.07) is 5.17. The van der Waals surface area contributed by atoms with Crippen molar-refractivity contribution in [3.8, 4) is 5.75 Å². The molecule has 0 bridgehead atoms. The number of rotatable bonds is 5. The Morgan fingerprint density at radius 2 is 2.00 bits per heavy atom. The van der Waals surface area contributed by atoms with Gasteiger partial charge in [-0.3, -0.25) is 9.69 Å². The molecule has 6 heteroatoms. The summed E-state index contributed by atoms with van der Waals surface area (Å²) < 4.78 is 5.24. The van der Waals surface area contributed by atoms with Gasteiger partial charge < -0.3 is 15.0 Å². The van der Waals surface area contributed by atoms with E-state index in [4.69, 9.17) is 4.74 Å². The second-order valence-electron chi connectivity index (χ2n) is 6.00. The Morgan fingerprint density at radius 1 is 1.32 bits per heavy atom. The molecule has 0 radical (unpaired) electrons. The lowest BCUT2D eigenvalue weighted by Crippen LogP contribution is -2.41. The molecule has 1 atom stereocenters. The standard InChI is InChI=1S/C16H23N3O3/c1-11-10-12(6-7-13(11)22-5)16(2)14(20)19(15(21)17-16)9-8-18(3)4/h6-7,10H,8-9H2,1-5H3,(H,17,21). The third-order valence-electron chi connectivity index (χ3n) is 4.02. The van der Waals surface area contributed by atoms with E-state index in [2.05, 4.69) is 5.32 Å². The summed E-state index contributed by atoms with van der Waals surface area (Å²) in [6.07, 6.45) is 0. The molecular formula is C16H23N3O3. The monoisotopic (exact) mass is 305 g/mol. The van der Waals surface area contributed by atoms with Crippen molar-refractivity contribution in [3.05, 3.63) is 29.3 Å². The summed E-state index contributed by atoms with van der Waals surface area (Å²) in [5, 5.41) is 2.81. The number of imide groups is 1. The van der Waals surface area contributed by atoms with Gasteiger partial charge in [-0.15, -0.1) is 0 Å². The minimum atomic E-state index is -1.03. The zero-order chi connectivity index (χ0) is 16.5. The van der Waals surface area contributed by atoms with E-state index in [0.717, 1.165) is 16.9 Å². The number of ether oxygens (including phenoxy) is 1. The molecule has 0 saturated carbocycles. The van der Waals surface area contributed by atoms with Crippen molar-refractivity contribution in [1.29, 1.82) is 0 Å². The second-order valence-corrected chi connectivity index (χ2v) is 6.00. The van der Waals surface area contributed by atoms with Gasteiger partial charge in [0.25, 0.3) is 5.91 Å². The maximum atomic E-state index is 12.7. The highest BCUT2D eigenvalue weighted by Gasteiger charge is 2.48. The third kappa shape index (κ3) is 2.78. The average Bonchev–Trinajstić information content (AvgIpc) is 2.68. The van der Waals surface area contributed by atoms with Gasteiger partial charge >= 0.3 is 6.03 Å². The highest BCUT2D eigenvalue weighted by atomic mass is 16.5. The van der Waals surface area contributed by atoms with Gasteiger partial charge in [-0.25, -0.2) is 4.79 Å². The van der Waals surface area contributed by atoms with Crippen molar-refractivity contribution < 1.29 is 14.3 Å². The predicted octanol–water partition coefficient (Wildman–Crippen LogP) is 1.33. The van der Waals surface area contributed by atoms with Crippen LogP contribution in [0.25, 0.3) is 0 Å². The fourth-order valence-electron chi connectivity index (χ4n) is 2.59. The number of benzene rings is 1. The Morgan fingerprint density at radius 3 is 2.55 bits per heavy atom. The average molecular weight is 305 g/mol. The molecule has 3 amide bonds. The smallest absolute Gasteiger partial charge is 0.325 e. The van der Waals surface area contributed by atoms with Crippen LogP contribution in [-0.2, 0) is 10.3 Å². The Bertz CT molecular complexity index is 600. The molecule has 6 nitrogen and oxygen atoms in total. The van der Waals surface area contributed by atoms with Gasteiger partial charge in [-0.1, -0.05) is 6.07 Å². The quantitative estimate of drug-likeness (QED) is 0.834. The molecule has 1 aromatic rings. The van der Waals surface area contributed by atoms with Crippen molar-refractivity contribution in [1.82, 2.24) is 15.1 Å². The van der Waals surface area contributed by atoms with E-state index >= 15 is 0 Å². The molecule has 1 aliphatic rings. The van der Waals surface area contributed by atoms with E-state index in [0.29, 0.717) is 13.1 Å². The molecule has 120 valence electrons. The summed E-state index contributed by atoms with van der Waals surface area (Å²) in [6.45, 7) is 4.67. The van der Waals surface area contributed by atoms with Crippen molar-refractivity contribution >= 4 is 11.9 Å². The van der Waals surface area contributed by atoms with E-state index < -0.39 is 5.54 Å². The second kappa shape index (κ2) is 5.96. The van der Waals surface area contributed by atoms with Gasteiger partial charge in [-0.2, -0.15) is 0 Å². The first-order chi connectivity index (χ1) is 10.3. The van der Waals surface area contributed by atoms with E-state index in [1.54, 1.807) is 14.0 Å². The number of nitrogens with zero attached hydrogens (tertiary/aromatic N) is 2. The predicted molar refractivity (Wildman–Crippen MR) is 83.9 cm³/mol. The zero-order valence-corrected chi connectivity index (χ0v) is 13.8. The van der Waals surface area contributed by atoms with Crippen molar-refractivity contribution in [3.63, 3.8) is 0 Å². The van der Waals surface area contributed by atoms with Crippen LogP contribution in [-0.4, -0.2) is 56.0 Å². The van der Waals surface area contributed by atoms with Gasteiger partial charge in [-0.05, 0) is 51.2 Å². The van der Waals surface area contributed by atoms with E-state index in [-0.39, 0.29) is 11.9 Å².